The number of Topliss-reactive ketones (excluding diaryl/α,β-unsaturated/α-hetero) is 1. The van der Waals surface area contributed by atoms with Crippen molar-refractivity contribution in [1.82, 2.24) is 0 Å². The van der Waals surface area contributed by atoms with Crippen LogP contribution >= 0.6 is 0 Å². The zero-order valence-electron chi connectivity index (χ0n) is 16.0. The quantitative estimate of drug-likeness (QED) is 0.400. The number of ether oxygens (including phenoxy) is 4. The van der Waals surface area contributed by atoms with Crippen molar-refractivity contribution in [3.05, 3.63) is 77.7 Å². The van der Waals surface area contributed by atoms with Crippen LogP contribution in [0, 0.1) is 0 Å². The van der Waals surface area contributed by atoms with E-state index >= 15 is 0 Å². The highest BCUT2D eigenvalue weighted by Gasteiger charge is 2.18. The molecular weight excluding hydrogens is 376 g/mol. The van der Waals surface area contributed by atoms with E-state index in [-0.39, 0.29) is 17.9 Å². The van der Waals surface area contributed by atoms with Crippen LogP contribution in [-0.2, 0) is 11.3 Å². The van der Waals surface area contributed by atoms with Crippen molar-refractivity contribution in [3.63, 3.8) is 0 Å². The minimum atomic E-state index is -0.744. The Morgan fingerprint density at radius 3 is 2.41 bits per heavy atom. The van der Waals surface area contributed by atoms with Crippen LogP contribution in [0.2, 0.25) is 0 Å². The van der Waals surface area contributed by atoms with Crippen molar-refractivity contribution in [3.8, 4) is 17.2 Å². The second-order valence-corrected chi connectivity index (χ2v) is 5.93. The highest BCUT2D eigenvalue weighted by Crippen LogP contribution is 2.24. The minimum absolute atomic E-state index is 0.0120. The average Bonchev–Trinajstić information content (AvgIpc) is 3.25. The van der Waals surface area contributed by atoms with Gasteiger partial charge in [-0.3, -0.25) is 4.79 Å². The second-order valence-electron chi connectivity index (χ2n) is 5.93. The number of hydrogen-bond donors (Lipinski definition) is 0. The smallest absolute Gasteiger partial charge is 0.374 e. The average molecular weight is 396 g/mol. The van der Waals surface area contributed by atoms with E-state index in [1.807, 2.05) is 30.3 Å². The van der Waals surface area contributed by atoms with Gasteiger partial charge < -0.3 is 23.4 Å². The Labute approximate surface area is 167 Å². The molecule has 0 bridgehead atoms. The van der Waals surface area contributed by atoms with Gasteiger partial charge in [-0.05, 0) is 42.5 Å². The van der Waals surface area contributed by atoms with E-state index in [0.717, 1.165) is 0 Å². The maximum atomic E-state index is 12.4. The molecule has 0 spiro atoms. The summed E-state index contributed by atoms with van der Waals surface area (Å²) in [4.78, 5) is 24.6. The van der Waals surface area contributed by atoms with E-state index in [2.05, 4.69) is 0 Å². The van der Waals surface area contributed by atoms with Gasteiger partial charge in [-0.1, -0.05) is 18.2 Å². The van der Waals surface area contributed by atoms with Crippen LogP contribution in [0.5, 0.6) is 17.2 Å². The van der Waals surface area contributed by atoms with Crippen LogP contribution in [0.3, 0.4) is 0 Å². The van der Waals surface area contributed by atoms with E-state index < -0.39 is 18.4 Å². The number of ketones is 1. The second kappa shape index (κ2) is 9.45. The molecule has 7 nitrogen and oxygen atoms in total. The zero-order valence-corrected chi connectivity index (χ0v) is 16.0. The molecule has 0 saturated heterocycles. The van der Waals surface area contributed by atoms with Gasteiger partial charge in [-0.15, -0.1) is 0 Å². The topological polar surface area (TPSA) is 84.2 Å². The summed E-state index contributed by atoms with van der Waals surface area (Å²) in [5.74, 6) is 0.828. The van der Waals surface area contributed by atoms with Gasteiger partial charge in [0.05, 0.1) is 19.8 Å². The lowest BCUT2D eigenvalue weighted by Crippen LogP contribution is -2.14. The van der Waals surface area contributed by atoms with Crippen LogP contribution < -0.4 is 14.2 Å². The fourth-order valence-corrected chi connectivity index (χ4v) is 2.55. The number of carbonyl (C=O) groups is 2. The molecule has 0 unspecified atom stereocenters. The molecule has 0 N–H and O–H groups in total. The monoisotopic (exact) mass is 396 g/mol. The maximum Gasteiger partial charge on any atom is 0.374 e. The Kier molecular flexibility index (Phi) is 6.52. The number of rotatable bonds is 9. The normalized spacial score (nSPS) is 10.3. The molecule has 1 heterocycles. The molecular formula is C22H20O7. The van der Waals surface area contributed by atoms with Crippen LogP contribution in [0.1, 0.15) is 26.7 Å². The predicted molar refractivity (Wildman–Crippen MR) is 104 cm³/mol. The highest BCUT2D eigenvalue weighted by atomic mass is 16.5. The zero-order chi connectivity index (χ0) is 20.6. The van der Waals surface area contributed by atoms with E-state index in [0.29, 0.717) is 23.0 Å². The minimum Gasteiger partial charge on any atom is -0.497 e. The summed E-state index contributed by atoms with van der Waals surface area (Å²) < 4.78 is 26.4. The first-order valence-corrected chi connectivity index (χ1v) is 8.79. The number of furan rings is 1. The van der Waals surface area contributed by atoms with Crippen LogP contribution in [0.15, 0.2) is 65.1 Å². The lowest BCUT2D eigenvalue weighted by Gasteiger charge is -2.09. The highest BCUT2D eigenvalue weighted by molar-refractivity contribution is 6.01. The lowest BCUT2D eigenvalue weighted by molar-refractivity contribution is 0.0440. The largest absolute Gasteiger partial charge is 0.497 e. The molecule has 0 fully saturated rings. The molecule has 0 aliphatic carbocycles. The molecule has 0 atom stereocenters. The molecule has 0 aliphatic rings. The van der Waals surface area contributed by atoms with Crippen molar-refractivity contribution in [2.24, 2.45) is 0 Å². The fraction of sp³-hybridized carbons (Fsp3) is 0.182. The number of para-hydroxylation sites is 1. The van der Waals surface area contributed by atoms with Gasteiger partial charge in [0.15, 0.2) is 6.61 Å². The molecule has 3 aromatic rings. The van der Waals surface area contributed by atoms with Crippen molar-refractivity contribution in [2.45, 2.75) is 6.61 Å². The van der Waals surface area contributed by atoms with Gasteiger partial charge in [0.25, 0.3) is 0 Å². The Bertz CT molecular complexity index is 976. The van der Waals surface area contributed by atoms with Gasteiger partial charge in [-0.25, -0.2) is 4.79 Å². The predicted octanol–water partition coefficient (Wildman–Crippen LogP) is 3.92. The third-order valence-corrected chi connectivity index (χ3v) is 4.03. The summed E-state index contributed by atoms with van der Waals surface area (Å²) in [6.45, 7) is -0.295. The number of esters is 1. The van der Waals surface area contributed by atoms with Crippen molar-refractivity contribution in [2.75, 3.05) is 20.8 Å². The van der Waals surface area contributed by atoms with Crippen molar-refractivity contribution in [1.29, 1.82) is 0 Å². The number of hydrogen-bond acceptors (Lipinski definition) is 7. The van der Waals surface area contributed by atoms with Gasteiger partial charge in [0.1, 0.15) is 29.6 Å². The standard InChI is InChI=1S/C22H20O7/c1-25-16-8-10-20(26-2)18(12-16)19(23)14-28-22(24)21-11-9-17(29-21)13-27-15-6-4-3-5-7-15/h3-12H,13-14H2,1-2H3. The van der Waals surface area contributed by atoms with Gasteiger partial charge in [0, 0.05) is 0 Å². The van der Waals surface area contributed by atoms with Crippen molar-refractivity contribution < 1.29 is 33.0 Å². The number of methoxy groups -OCH3 is 2. The summed E-state index contributed by atoms with van der Waals surface area (Å²) in [5, 5.41) is 0. The Morgan fingerprint density at radius 1 is 0.897 bits per heavy atom. The molecule has 2 aromatic carbocycles. The van der Waals surface area contributed by atoms with E-state index in [1.54, 1.807) is 18.2 Å². The summed E-state index contributed by atoms with van der Waals surface area (Å²) in [7, 11) is 2.94. The summed E-state index contributed by atoms with van der Waals surface area (Å²) in [6, 6.07) is 17.1. The van der Waals surface area contributed by atoms with Crippen LogP contribution in [0.4, 0.5) is 0 Å². The molecule has 0 amide bonds. The first kappa shape index (κ1) is 20.0. The maximum absolute atomic E-state index is 12.4. The molecule has 29 heavy (non-hydrogen) atoms. The summed E-state index contributed by atoms with van der Waals surface area (Å²) in [5.41, 5.74) is 0.260. The molecule has 150 valence electrons. The van der Waals surface area contributed by atoms with Gasteiger partial charge in [0.2, 0.25) is 11.5 Å². The molecule has 3 rings (SSSR count). The number of carbonyl (C=O) groups excluding carboxylic acids is 2. The summed E-state index contributed by atoms with van der Waals surface area (Å²) >= 11 is 0. The third-order valence-electron chi connectivity index (χ3n) is 4.03. The Morgan fingerprint density at radius 2 is 1.69 bits per heavy atom. The molecule has 0 saturated carbocycles. The van der Waals surface area contributed by atoms with Gasteiger partial charge in [-0.2, -0.15) is 0 Å². The first-order chi connectivity index (χ1) is 14.1. The molecule has 7 heteroatoms. The molecule has 0 aliphatic heterocycles. The molecule has 1 aromatic heterocycles. The third kappa shape index (κ3) is 5.16. The first-order valence-electron chi connectivity index (χ1n) is 8.79. The van der Waals surface area contributed by atoms with E-state index in [1.165, 1.54) is 26.4 Å². The lowest BCUT2D eigenvalue weighted by atomic mass is 10.1. The summed E-state index contributed by atoms with van der Waals surface area (Å²) in [6.07, 6.45) is 0. The van der Waals surface area contributed by atoms with Crippen LogP contribution in [0.25, 0.3) is 0 Å². The SMILES string of the molecule is COc1ccc(OC)c(C(=O)COC(=O)c2ccc(COc3ccccc3)o2)c1. The fourth-order valence-electron chi connectivity index (χ4n) is 2.55. The number of benzene rings is 2. The van der Waals surface area contributed by atoms with E-state index in [9.17, 15) is 9.59 Å². The van der Waals surface area contributed by atoms with Crippen molar-refractivity contribution >= 4 is 11.8 Å². The Balaban J connectivity index is 1.57. The molecule has 0 radical (unpaired) electrons. The van der Waals surface area contributed by atoms with E-state index in [4.69, 9.17) is 23.4 Å². The van der Waals surface area contributed by atoms with Crippen LogP contribution in [-0.4, -0.2) is 32.6 Å². The Hall–Kier alpha value is -3.74. The van der Waals surface area contributed by atoms with Gasteiger partial charge >= 0.3 is 5.97 Å².